The smallest absolute Gasteiger partial charge is 0.253 e. The molecule has 1 fully saturated rings. The van der Waals surface area contributed by atoms with Gasteiger partial charge in [0.25, 0.3) is 5.91 Å². The Morgan fingerprint density at radius 3 is 2.76 bits per heavy atom. The number of rotatable bonds is 6. The van der Waals surface area contributed by atoms with Crippen LogP contribution in [-0.4, -0.2) is 37.8 Å². The highest BCUT2D eigenvalue weighted by Crippen LogP contribution is 2.31. The van der Waals surface area contributed by atoms with E-state index in [1.54, 1.807) is 32.5 Å². The molecule has 1 aromatic heterocycles. The van der Waals surface area contributed by atoms with Gasteiger partial charge < -0.3 is 24.8 Å². The van der Waals surface area contributed by atoms with Crippen molar-refractivity contribution in [1.29, 1.82) is 0 Å². The van der Waals surface area contributed by atoms with Crippen LogP contribution in [-0.2, 0) is 9.53 Å². The minimum atomic E-state index is -0.362. The van der Waals surface area contributed by atoms with E-state index in [1.807, 2.05) is 18.2 Å². The molecule has 0 aliphatic carbocycles. The number of carbonyl (C=O) groups is 1. The van der Waals surface area contributed by atoms with E-state index in [9.17, 15) is 4.79 Å². The molecule has 2 aromatic rings. The summed E-state index contributed by atoms with van der Waals surface area (Å²) in [5.74, 6) is 1.89. The Morgan fingerprint density at radius 2 is 2.12 bits per heavy atom. The number of carbonyl (C=O) groups excluding carboxylic acids is 1. The van der Waals surface area contributed by atoms with E-state index in [2.05, 4.69) is 15.6 Å². The molecule has 0 bridgehead atoms. The van der Waals surface area contributed by atoms with Crippen molar-refractivity contribution in [3.05, 3.63) is 36.5 Å². The zero-order valence-corrected chi connectivity index (χ0v) is 14.2. The molecule has 1 saturated heterocycles. The minimum absolute atomic E-state index is 0.130. The first kappa shape index (κ1) is 17.0. The van der Waals surface area contributed by atoms with Gasteiger partial charge in [-0.25, -0.2) is 4.98 Å². The molecule has 0 saturated carbocycles. The summed E-state index contributed by atoms with van der Waals surface area (Å²) >= 11 is 0. The molecule has 1 unspecified atom stereocenters. The number of nitrogens with one attached hydrogen (secondary N) is 2. The number of benzene rings is 1. The topological polar surface area (TPSA) is 81.7 Å². The molecule has 1 aliphatic heterocycles. The van der Waals surface area contributed by atoms with Crippen molar-refractivity contribution in [2.24, 2.45) is 0 Å². The summed E-state index contributed by atoms with van der Waals surface area (Å²) in [6.45, 7) is 0.640. The molecule has 25 heavy (non-hydrogen) atoms. The second-order valence-corrected chi connectivity index (χ2v) is 5.61. The van der Waals surface area contributed by atoms with Crippen LogP contribution in [0.1, 0.15) is 12.8 Å². The molecule has 0 spiro atoms. The Balaban J connectivity index is 1.67. The van der Waals surface area contributed by atoms with E-state index in [0.29, 0.717) is 29.6 Å². The molecular weight excluding hydrogens is 322 g/mol. The molecule has 132 valence electrons. The summed E-state index contributed by atoms with van der Waals surface area (Å²) in [5.41, 5.74) is 1.37. The Hall–Kier alpha value is -2.80. The largest absolute Gasteiger partial charge is 0.497 e. The molecule has 2 N–H and O–H groups in total. The number of pyridine rings is 1. The van der Waals surface area contributed by atoms with Crippen molar-refractivity contribution < 1.29 is 19.0 Å². The molecule has 1 atom stereocenters. The highest BCUT2D eigenvalue weighted by molar-refractivity contribution is 5.94. The maximum Gasteiger partial charge on any atom is 0.253 e. The summed E-state index contributed by atoms with van der Waals surface area (Å²) in [7, 11) is 3.21. The van der Waals surface area contributed by atoms with Gasteiger partial charge in [0.1, 0.15) is 23.4 Å². The molecule has 3 rings (SSSR count). The summed E-state index contributed by atoms with van der Waals surface area (Å²) in [4.78, 5) is 16.4. The second-order valence-electron chi connectivity index (χ2n) is 5.61. The van der Waals surface area contributed by atoms with Crippen molar-refractivity contribution >= 4 is 23.1 Å². The molecule has 0 radical (unpaired) electrons. The van der Waals surface area contributed by atoms with Gasteiger partial charge >= 0.3 is 0 Å². The molecule has 1 amide bonds. The average Bonchev–Trinajstić information content (AvgIpc) is 3.18. The maximum absolute atomic E-state index is 12.0. The Morgan fingerprint density at radius 1 is 1.24 bits per heavy atom. The lowest BCUT2D eigenvalue weighted by Gasteiger charge is -2.13. The predicted molar refractivity (Wildman–Crippen MR) is 94.7 cm³/mol. The number of hydrogen-bond donors (Lipinski definition) is 2. The van der Waals surface area contributed by atoms with Crippen molar-refractivity contribution in [3.63, 3.8) is 0 Å². The van der Waals surface area contributed by atoms with Crippen LogP contribution in [0, 0.1) is 0 Å². The molecular formula is C18H21N3O4. The summed E-state index contributed by atoms with van der Waals surface area (Å²) < 4.78 is 15.9. The zero-order valence-electron chi connectivity index (χ0n) is 14.2. The highest BCUT2D eigenvalue weighted by atomic mass is 16.5. The van der Waals surface area contributed by atoms with Crippen LogP contribution < -0.4 is 20.1 Å². The second kappa shape index (κ2) is 7.85. The fourth-order valence-electron chi connectivity index (χ4n) is 2.60. The summed E-state index contributed by atoms with van der Waals surface area (Å²) in [5, 5.41) is 6.00. The van der Waals surface area contributed by atoms with E-state index in [4.69, 9.17) is 14.2 Å². The van der Waals surface area contributed by atoms with Gasteiger partial charge in [-0.1, -0.05) is 0 Å². The number of anilines is 3. The van der Waals surface area contributed by atoms with E-state index >= 15 is 0 Å². The quantitative estimate of drug-likeness (QED) is 0.839. The lowest BCUT2D eigenvalue weighted by Crippen LogP contribution is -2.26. The van der Waals surface area contributed by atoms with Crippen LogP contribution in [0.25, 0.3) is 0 Å². The van der Waals surface area contributed by atoms with Crippen molar-refractivity contribution in [3.8, 4) is 11.5 Å². The number of aromatic nitrogens is 1. The van der Waals surface area contributed by atoms with Gasteiger partial charge in [0.15, 0.2) is 0 Å². The molecule has 7 nitrogen and oxygen atoms in total. The van der Waals surface area contributed by atoms with Gasteiger partial charge in [-0.15, -0.1) is 0 Å². The Labute approximate surface area is 146 Å². The summed E-state index contributed by atoms with van der Waals surface area (Å²) in [6, 6.07) is 9.03. The van der Waals surface area contributed by atoms with Crippen molar-refractivity contribution in [2.75, 3.05) is 31.5 Å². The zero-order chi connectivity index (χ0) is 17.6. The van der Waals surface area contributed by atoms with Gasteiger partial charge in [0.05, 0.1) is 31.8 Å². The number of methoxy groups -OCH3 is 2. The fourth-order valence-corrected chi connectivity index (χ4v) is 2.60. The van der Waals surface area contributed by atoms with Crippen LogP contribution in [0.2, 0.25) is 0 Å². The first-order chi connectivity index (χ1) is 12.2. The van der Waals surface area contributed by atoms with Crippen LogP contribution >= 0.6 is 0 Å². The van der Waals surface area contributed by atoms with E-state index in [0.717, 1.165) is 18.5 Å². The third-order valence-corrected chi connectivity index (χ3v) is 3.92. The predicted octanol–water partition coefficient (Wildman–Crippen LogP) is 2.96. The Bertz CT molecular complexity index is 728. The van der Waals surface area contributed by atoms with Gasteiger partial charge in [0, 0.05) is 12.7 Å². The van der Waals surface area contributed by atoms with E-state index < -0.39 is 0 Å². The molecule has 7 heteroatoms. The SMILES string of the molecule is COc1ccc(OC)c(Nc2ccc(NC(=O)C3CCCO3)cn2)c1. The number of amides is 1. The highest BCUT2D eigenvalue weighted by Gasteiger charge is 2.23. The third-order valence-electron chi connectivity index (χ3n) is 3.92. The standard InChI is InChI=1S/C18H21N3O4/c1-23-13-6-7-15(24-2)14(10-13)21-17-8-5-12(11-19-17)20-18(22)16-4-3-9-25-16/h5-8,10-11,16H,3-4,9H2,1-2H3,(H,19,21)(H,20,22). The average molecular weight is 343 g/mol. The van der Waals surface area contributed by atoms with Gasteiger partial charge in [-0.05, 0) is 37.1 Å². The minimum Gasteiger partial charge on any atom is -0.497 e. The molecule has 1 aromatic carbocycles. The fraction of sp³-hybridized carbons (Fsp3) is 0.333. The lowest BCUT2D eigenvalue weighted by molar-refractivity contribution is -0.124. The maximum atomic E-state index is 12.0. The number of nitrogens with zero attached hydrogens (tertiary/aromatic N) is 1. The molecule has 2 heterocycles. The monoisotopic (exact) mass is 343 g/mol. The van der Waals surface area contributed by atoms with E-state index in [1.165, 1.54) is 0 Å². The van der Waals surface area contributed by atoms with E-state index in [-0.39, 0.29) is 12.0 Å². The first-order valence-electron chi connectivity index (χ1n) is 8.07. The van der Waals surface area contributed by atoms with Gasteiger partial charge in [0.2, 0.25) is 0 Å². The first-order valence-corrected chi connectivity index (χ1v) is 8.07. The Kier molecular flexibility index (Phi) is 5.35. The third kappa shape index (κ3) is 4.19. The van der Waals surface area contributed by atoms with Gasteiger partial charge in [-0.3, -0.25) is 4.79 Å². The van der Waals surface area contributed by atoms with Gasteiger partial charge in [-0.2, -0.15) is 0 Å². The van der Waals surface area contributed by atoms with Crippen molar-refractivity contribution in [1.82, 2.24) is 4.98 Å². The van der Waals surface area contributed by atoms with Crippen LogP contribution in [0.3, 0.4) is 0 Å². The van der Waals surface area contributed by atoms with Crippen LogP contribution in [0.15, 0.2) is 36.5 Å². The normalized spacial score (nSPS) is 16.3. The lowest BCUT2D eigenvalue weighted by atomic mass is 10.2. The van der Waals surface area contributed by atoms with Crippen LogP contribution in [0.4, 0.5) is 17.2 Å². The van der Waals surface area contributed by atoms with Crippen molar-refractivity contribution in [2.45, 2.75) is 18.9 Å². The number of ether oxygens (including phenoxy) is 3. The number of hydrogen-bond acceptors (Lipinski definition) is 6. The molecule has 1 aliphatic rings. The van der Waals surface area contributed by atoms with Crippen LogP contribution in [0.5, 0.6) is 11.5 Å². The summed E-state index contributed by atoms with van der Waals surface area (Å²) in [6.07, 6.45) is 2.91.